The van der Waals surface area contributed by atoms with Gasteiger partial charge in [-0.05, 0) is 12.1 Å². The molecule has 0 fully saturated rings. The van der Waals surface area contributed by atoms with E-state index in [1.165, 1.54) is 6.07 Å². The van der Waals surface area contributed by atoms with Crippen LogP contribution in [0.15, 0.2) is 12.1 Å². The summed E-state index contributed by atoms with van der Waals surface area (Å²) < 4.78 is 37.2. The van der Waals surface area contributed by atoms with Gasteiger partial charge in [0, 0.05) is 5.56 Å². The first-order valence-electron chi connectivity index (χ1n) is 3.13. The molecule has 0 unspecified atom stereocenters. The molecule has 0 saturated carbocycles. The number of rotatable bonds is 1. The highest BCUT2D eigenvalue weighted by Crippen LogP contribution is 2.14. The summed E-state index contributed by atoms with van der Waals surface area (Å²) in [5.74, 6) is -1.79. The second-order valence-electron chi connectivity index (χ2n) is 2.17. The van der Waals surface area contributed by atoms with Gasteiger partial charge in [-0.25, -0.2) is 13.2 Å². The van der Waals surface area contributed by atoms with E-state index in [9.17, 15) is 13.2 Å². The average molecular weight is 171 g/mol. The summed E-state index contributed by atoms with van der Waals surface area (Å²) in [4.78, 5) is 0. The van der Waals surface area contributed by atoms with Crippen LogP contribution in [0.2, 0.25) is 0 Å². The molecule has 0 atom stereocenters. The molecular weight excluding hydrogens is 167 g/mol. The topological polar surface area (TPSA) is 23.8 Å². The number of halogens is 3. The minimum Gasteiger partial charge on any atom is -0.246 e. The highest BCUT2D eigenvalue weighted by molar-refractivity contribution is 5.34. The lowest BCUT2D eigenvalue weighted by atomic mass is 10.1. The van der Waals surface area contributed by atoms with Crippen molar-refractivity contribution in [3.63, 3.8) is 0 Å². The maximum atomic E-state index is 12.7. The van der Waals surface area contributed by atoms with E-state index in [1.807, 2.05) is 0 Å². The molecule has 4 heteroatoms. The first kappa shape index (κ1) is 8.60. The lowest BCUT2D eigenvalue weighted by Crippen LogP contribution is -1.92. The van der Waals surface area contributed by atoms with E-state index in [-0.39, 0.29) is 5.56 Å². The van der Waals surface area contributed by atoms with Crippen LogP contribution >= 0.6 is 0 Å². The second-order valence-corrected chi connectivity index (χ2v) is 2.17. The fraction of sp³-hybridized carbons (Fsp3) is 0.125. The van der Waals surface area contributed by atoms with Crippen molar-refractivity contribution in [2.45, 2.75) is 6.67 Å². The Morgan fingerprint density at radius 1 is 1.25 bits per heavy atom. The third-order valence-electron chi connectivity index (χ3n) is 1.40. The van der Waals surface area contributed by atoms with E-state index in [1.54, 1.807) is 0 Å². The average Bonchev–Trinajstić information content (AvgIpc) is 2.08. The van der Waals surface area contributed by atoms with E-state index >= 15 is 0 Å². The van der Waals surface area contributed by atoms with E-state index in [2.05, 4.69) is 0 Å². The zero-order valence-corrected chi connectivity index (χ0v) is 5.94. The molecule has 0 saturated heterocycles. The van der Waals surface area contributed by atoms with Gasteiger partial charge >= 0.3 is 0 Å². The lowest BCUT2D eigenvalue weighted by molar-refractivity contribution is 0.459. The molecule has 1 aromatic carbocycles. The van der Waals surface area contributed by atoms with Gasteiger partial charge in [-0.1, -0.05) is 0 Å². The summed E-state index contributed by atoms with van der Waals surface area (Å²) in [6.07, 6.45) is 0. The maximum absolute atomic E-state index is 12.7. The van der Waals surface area contributed by atoms with Crippen molar-refractivity contribution in [1.29, 1.82) is 5.26 Å². The van der Waals surface area contributed by atoms with Crippen molar-refractivity contribution >= 4 is 0 Å². The molecule has 0 spiro atoms. The SMILES string of the molecule is N#Cc1cc(F)c(CF)cc1F. The second kappa shape index (κ2) is 3.26. The van der Waals surface area contributed by atoms with Crippen LogP contribution in [0.5, 0.6) is 0 Å². The molecule has 1 aromatic rings. The van der Waals surface area contributed by atoms with E-state index in [0.717, 1.165) is 0 Å². The fourth-order valence-corrected chi connectivity index (χ4v) is 0.776. The summed E-state index contributed by atoms with van der Waals surface area (Å²) in [6, 6.07) is 2.82. The predicted octanol–water partition coefficient (Wildman–Crippen LogP) is 2.31. The Kier molecular flexibility index (Phi) is 2.34. The number of nitrogens with zero attached hydrogens (tertiary/aromatic N) is 1. The van der Waals surface area contributed by atoms with Gasteiger partial charge in [0.2, 0.25) is 0 Å². The van der Waals surface area contributed by atoms with Crippen LogP contribution in [0.4, 0.5) is 13.2 Å². The Morgan fingerprint density at radius 2 is 1.92 bits per heavy atom. The van der Waals surface area contributed by atoms with Crippen molar-refractivity contribution < 1.29 is 13.2 Å². The van der Waals surface area contributed by atoms with Gasteiger partial charge in [-0.15, -0.1) is 0 Å². The van der Waals surface area contributed by atoms with Gasteiger partial charge in [-0.2, -0.15) is 5.26 Å². The van der Waals surface area contributed by atoms with Gasteiger partial charge in [0.05, 0.1) is 5.56 Å². The van der Waals surface area contributed by atoms with Gasteiger partial charge in [0.15, 0.2) is 0 Å². The normalized spacial score (nSPS) is 9.50. The van der Waals surface area contributed by atoms with Gasteiger partial charge in [0.25, 0.3) is 0 Å². The molecule has 0 aromatic heterocycles. The highest BCUT2D eigenvalue weighted by Gasteiger charge is 2.08. The molecular formula is C8H4F3N. The van der Waals surface area contributed by atoms with Crippen LogP contribution in [0.25, 0.3) is 0 Å². The summed E-state index contributed by atoms with van der Waals surface area (Å²) in [6.45, 7) is -1.07. The third kappa shape index (κ3) is 1.40. The molecule has 0 amide bonds. The molecule has 1 nitrogen and oxygen atoms in total. The molecule has 62 valence electrons. The zero-order chi connectivity index (χ0) is 9.14. The summed E-state index contributed by atoms with van der Waals surface area (Å²) >= 11 is 0. The fourth-order valence-electron chi connectivity index (χ4n) is 0.776. The predicted molar refractivity (Wildman–Crippen MR) is 35.9 cm³/mol. The van der Waals surface area contributed by atoms with Crippen molar-refractivity contribution in [2.24, 2.45) is 0 Å². The van der Waals surface area contributed by atoms with Gasteiger partial charge < -0.3 is 0 Å². The lowest BCUT2D eigenvalue weighted by Gasteiger charge is -1.98. The first-order chi connectivity index (χ1) is 5.69. The van der Waals surface area contributed by atoms with E-state index in [0.29, 0.717) is 12.1 Å². The minimum absolute atomic E-state index is 0.369. The Balaban J connectivity index is 3.28. The number of nitriles is 1. The highest BCUT2D eigenvalue weighted by atomic mass is 19.1. The van der Waals surface area contributed by atoms with Crippen LogP contribution < -0.4 is 0 Å². The molecule has 12 heavy (non-hydrogen) atoms. The molecule has 0 aliphatic carbocycles. The van der Waals surface area contributed by atoms with Crippen LogP contribution in [0.1, 0.15) is 11.1 Å². The van der Waals surface area contributed by atoms with Crippen LogP contribution in [0, 0.1) is 23.0 Å². The zero-order valence-electron chi connectivity index (χ0n) is 5.94. The van der Waals surface area contributed by atoms with E-state index in [4.69, 9.17) is 5.26 Å². The summed E-state index contributed by atoms with van der Waals surface area (Å²) in [5.41, 5.74) is -0.781. The molecule has 0 aliphatic heterocycles. The quantitative estimate of drug-likeness (QED) is 0.636. The smallest absolute Gasteiger partial charge is 0.141 e. The first-order valence-corrected chi connectivity index (χ1v) is 3.13. The number of hydrogen-bond donors (Lipinski definition) is 0. The van der Waals surface area contributed by atoms with Crippen molar-refractivity contribution in [3.8, 4) is 6.07 Å². The standard InChI is InChI=1S/C8H4F3N/c9-3-5-1-8(11)6(4-12)2-7(5)10/h1-2H,3H2. The van der Waals surface area contributed by atoms with Crippen LogP contribution in [0.3, 0.4) is 0 Å². The molecule has 0 heterocycles. The monoisotopic (exact) mass is 171 g/mol. The summed E-state index contributed by atoms with van der Waals surface area (Å²) in [5, 5.41) is 8.26. The minimum atomic E-state index is -1.07. The number of benzene rings is 1. The Morgan fingerprint density at radius 3 is 2.42 bits per heavy atom. The van der Waals surface area contributed by atoms with Gasteiger partial charge in [0.1, 0.15) is 24.4 Å². The number of hydrogen-bond acceptors (Lipinski definition) is 1. The number of alkyl halides is 1. The van der Waals surface area contributed by atoms with Crippen molar-refractivity contribution in [1.82, 2.24) is 0 Å². The molecule has 0 bridgehead atoms. The van der Waals surface area contributed by atoms with Gasteiger partial charge in [-0.3, -0.25) is 0 Å². The molecule has 1 rings (SSSR count). The third-order valence-corrected chi connectivity index (χ3v) is 1.40. The van der Waals surface area contributed by atoms with Crippen LogP contribution in [-0.4, -0.2) is 0 Å². The molecule has 0 N–H and O–H groups in total. The Hall–Kier alpha value is -1.50. The Labute approximate surface area is 67.1 Å². The molecule has 0 aliphatic rings. The van der Waals surface area contributed by atoms with Crippen LogP contribution in [-0.2, 0) is 6.67 Å². The largest absolute Gasteiger partial charge is 0.246 e. The van der Waals surface area contributed by atoms with Crippen molar-refractivity contribution in [2.75, 3.05) is 0 Å². The van der Waals surface area contributed by atoms with Crippen molar-refractivity contribution in [3.05, 3.63) is 34.9 Å². The Bertz CT molecular complexity index is 340. The molecule has 0 radical (unpaired) electrons. The maximum Gasteiger partial charge on any atom is 0.141 e. The summed E-state index contributed by atoms with van der Waals surface area (Å²) in [7, 11) is 0. The van der Waals surface area contributed by atoms with E-state index < -0.39 is 23.9 Å².